The lowest BCUT2D eigenvalue weighted by atomic mass is 10.0. The highest BCUT2D eigenvalue weighted by Crippen LogP contribution is 2.35. The summed E-state index contributed by atoms with van der Waals surface area (Å²) >= 11 is 0. The van der Waals surface area contributed by atoms with E-state index in [2.05, 4.69) is 124 Å². The van der Waals surface area contributed by atoms with Crippen LogP contribution in [-0.4, -0.2) is 9.13 Å². The average Bonchev–Trinajstić information content (AvgIpc) is 3.32. The third-order valence-electron chi connectivity index (χ3n) is 6.63. The SMILES string of the molecule is Cc1ccc2c(c1)c(C(C)C)cn2-c1ccccc1-n1cc(C(C)C)c2cc(C)ccc21. The van der Waals surface area contributed by atoms with Crippen LogP contribution in [0.2, 0.25) is 0 Å². The smallest absolute Gasteiger partial charge is 0.0697 e. The number of hydrogen-bond acceptors (Lipinski definition) is 0. The molecule has 0 atom stereocenters. The minimum Gasteiger partial charge on any atom is -0.314 e. The first-order valence-electron chi connectivity index (χ1n) is 11.7. The summed E-state index contributed by atoms with van der Waals surface area (Å²) in [6, 6.07) is 22.4. The van der Waals surface area contributed by atoms with Crippen LogP contribution < -0.4 is 0 Å². The average molecular weight is 421 g/mol. The van der Waals surface area contributed by atoms with Gasteiger partial charge in [0.05, 0.1) is 22.4 Å². The lowest BCUT2D eigenvalue weighted by Gasteiger charge is -2.14. The number of aromatic nitrogens is 2. The maximum absolute atomic E-state index is 2.38. The summed E-state index contributed by atoms with van der Waals surface area (Å²) in [6.07, 6.45) is 4.68. The van der Waals surface area contributed by atoms with Gasteiger partial charge in [-0.25, -0.2) is 0 Å². The molecule has 2 heteroatoms. The van der Waals surface area contributed by atoms with Gasteiger partial charge in [-0.3, -0.25) is 0 Å². The summed E-state index contributed by atoms with van der Waals surface area (Å²) in [4.78, 5) is 0. The van der Waals surface area contributed by atoms with Gasteiger partial charge in [0.2, 0.25) is 0 Å². The highest BCUT2D eigenvalue weighted by molar-refractivity contribution is 5.90. The Morgan fingerprint density at radius 1 is 0.562 bits per heavy atom. The number of nitrogens with zero attached hydrogens (tertiary/aromatic N) is 2. The molecule has 0 aliphatic carbocycles. The Balaban J connectivity index is 1.81. The van der Waals surface area contributed by atoms with Gasteiger partial charge in [0, 0.05) is 23.2 Å². The highest BCUT2D eigenvalue weighted by atomic mass is 15.0. The van der Waals surface area contributed by atoms with E-state index >= 15 is 0 Å². The molecule has 5 rings (SSSR count). The maximum atomic E-state index is 2.38. The third kappa shape index (κ3) is 3.26. The summed E-state index contributed by atoms with van der Waals surface area (Å²) in [5.74, 6) is 0.936. The van der Waals surface area contributed by atoms with Crippen molar-refractivity contribution in [2.24, 2.45) is 0 Å². The van der Waals surface area contributed by atoms with Crippen LogP contribution in [0.5, 0.6) is 0 Å². The molecule has 0 spiro atoms. The molecule has 0 amide bonds. The van der Waals surface area contributed by atoms with Crippen LogP contribution in [0.3, 0.4) is 0 Å². The van der Waals surface area contributed by atoms with Crippen LogP contribution >= 0.6 is 0 Å². The molecule has 0 bridgehead atoms. The number of para-hydroxylation sites is 2. The van der Waals surface area contributed by atoms with Crippen molar-refractivity contribution < 1.29 is 0 Å². The first-order chi connectivity index (χ1) is 15.3. The molecule has 0 radical (unpaired) electrons. The van der Waals surface area contributed by atoms with Gasteiger partial charge < -0.3 is 9.13 Å². The van der Waals surface area contributed by atoms with Crippen molar-refractivity contribution in [1.29, 1.82) is 0 Å². The lowest BCUT2D eigenvalue weighted by molar-refractivity contribution is 0.865. The number of hydrogen-bond donors (Lipinski definition) is 0. The van der Waals surface area contributed by atoms with Gasteiger partial charge in [0.25, 0.3) is 0 Å². The zero-order valence-corrected chi connectivity index (χ0v) is 20.0. The first kappa shape index (κ1) is 20.6. The molecule has 0 aliphatic rings. The van der Waals surface area contributed by atoms with Crippen molar-refractivity contribution in [3.63, 3.8) is 0 Å². The van der Waals surface area contributed by atoms with Gasteiger partial charge >= 0.3 is 0 Å². The fourth-order valence-corrected chi connectivity index (χ4v) is 4.93. The second-order valence-electron chi connectivity index (χ2n) is 9.75. The van der Waals surface area contributed by atoms with Crippen LogP contribution in [0, 0.1) is 13.8 Å². The Kier molecular flexibility index (Phi) is 4.97. The lowest BCUT2D eigenvalue weighted by Crippen LogP contribution is -2.01. The maximum Gasteiger partial charge on any atom is 0.0697 e. The largest absolute Gasteiger partial charge is 0.314 e. The molecule has 0 N–H and O–H groups in total. The predicted molar refractivity (Wildman–Crippen MR) is 138 cm³/mol. The van der Waals surface area contributed by atoms with Crippen LogP contribution in [-0.2, 0) is 0 Å². The second-order valence-corrected chi connectivity index (χ2v) is 9.75. The van der Waals surface area contributed by atoms with Crippen molar-refractivity contribution in [3.8, 4) is 11.4 Å². The van der Waals surface area contributed by atoms with E-state index in [1.165, 1.54) is 55.4 Å². The Labute approximate surface area is 191 Å². The molecule has 2 aromatic heterocycles. The number of rotatable bonds is 4. The number of aryl methyl sites for hydroxylation is 2. The van der Waals surface area contributed by atoms with Gasteiger partial charge in [0.15, 0.2) is 0 Å². The normalized spacial score (nSPS) is 12.0. The Hall–Kier alpha value is -3.26. The van der Waals surface area contributed by atoms with E-state index in [1.807, 2.05) is 0 Å². The molecular weight excluding hydrogens is 388 g/mol. The van der Waals surface area contributed by atoms with Crippen LogP contribution in [0.1, 0.15) is 61.8 Å². The summed E-state index contributed by atoms with van der Waals surface area (Å²) in [7, 11) is 0. The molecule has 2 heterocycles. The summed E-state index contributed by atoms with van der Waals surface area (Å²) in [5.41, 5.74) is 10.4. The molecule has 0 saturated heterocycles. The van der Waals surface area contributed by atoms with E-state index in [0.717, 1.165) is 0 Å². The van der Waals surface area contributed by atoms with Crippen molar-refractivity contribution in [2.45, 2.75) is 53.4 Å². The number of fused-ring (bicyclic) bond motifs is 2. The van der Waals surface area contributed by atoms with Gasteiger partial charge in [0.1, 0.15) is 0 Å². The Morgan fingerprint density at radius 2 is 0.969 bits per heavy atom. The summed E-state index contributed by atoms with van der Waals surface area (Å²) < 4.78 is 4.77. The minimum absolute atomic E-state index is 0.468. The van der Waals surface area contributed by atoms with E-state index in [1.54, 1.807) is 0 Å². The van der Waals surface area contributed by atoms with Crippen LogP contribution in [0.4, 0.5) is 0 Å². The monoisotopic (exact) mass is 420 g/mol. The predicted octanol–water partition coefficient (Wildman–Crippen LogP) is 8.44. The molecule has 0 saturated carbocycles. The van der Waals surface area contributed by atoms with Crippen molar-refractivity contribution in [3.05, 3.63) is 95.3 Å². The van der Waals surface area contributed by atoms with Crippen LogP contribution in [0.25, 0.3) is 33.2 Å². The topological polar surface area (TPSA) is 9.86 Å². The molecular formula is C30H32N2. The molecule has 162 valence electrons. The fourth-order valence-electron chi connectivity index (χ4n) is 4.93. The summed E-state index contributed by atoms with van der Waals surface area (Å²) in [6.45, 7) is 13.5. The van der Waals surface area contributed by atoms with Gasteiger partial charge in [-0.05, 0) is 73.2 Å². The van der Waals surface area contributed by atoms with Gasteiger partial charge in [-0.1, -0.05) is 63.1 Å². The van der Waals surface area contributed by atoms with E-state index in [0.29, 0.717) is 11.8 Å². The van der Waals surface area contributed by atoms with Crippen molar-refractivity contribution >= 4 is 21.8 Å². The molecule has 0 unspecified atom stereocenters. The van der Waals surface area contributed by atoms with Gasteiger partial charge in [-0.2, -0.15) is 0 Å². The third-order valence-corrected chi connectivity index (χ3v) is 6.63. The van der Waals surface area contributed by atoms with Crippen molar-refractivity contribution in [1.82, 2.24) is 9.13 Å². The van der Waals surface area contributed by atoms with E-state index < -0.39 is 0 Å². The van der Waals surface area contributed by atoms with Crippen LogP contribution in [0.15, 0.2) is 73.1 Å². The molecule has 5 aromatic rings. The summed E-state index contributed by atoms with van der Waals surface area (Å²) in [5, 5.41) is 2.70. The zero-order chi connectivity index (χ0) is 22.6. The quantitative estimate of drug-likeness (QED) is 0.276. The fraction of sp³-hybridized carbons (Fsp3) is 0.267. The Morgan fingerprint density at radius 3 is 1.34 bits per heavy atom. The van der Waals surface area contributed by atoms with E-state index in [9.17, 15) is 0 Å². The molecule has 0 fully saturated rings. The Bertz CT molecular complexity index is 1330. The highest BCUT2D eigenvalue weighted by Gasteiger charge is 2.18. The molecule has 2 nitrogen and oxygen atoms in total. The minimum atomic E-state index is 0.468. The van der Waals surface area contributed by atoms with Gasteiger partial charge in [-0.15, -0.1) is 0 Å². The first-order valence-corrected chi connectivity index (χ1v) is 11.7. The van der Waals surface area contributed by atoms with Crippen molar-refractivity contribution in [2.75, 3.05) is 0 Å². The molecule has 3 aromatic carbocycles. The van der Waals surface area contributed by atoms with E-state index in [4.69, 9.17) is 0 Å². The second kappa shape index (κ2) is 7.70. The number of benzene rings is 3. The zero-order valence-electron chi connectivity index (χ0n) is 20.0. The molecule has 0 aliphatic heterocycles. The standard InChI is InChI=1S/C30H32N2/c1-19(2)25-17-31(27-13-11-21(5)15-23(25)27)29-9-7-8-10-30(29)32-18-26(20(3)4)24-16-22(6)12-14-28(24)32/h7-20H,1-6H3. The molecule has 32 heavy (non-hydrogen) atoms. The van der Waals surface area contributed by atoms with E-state index in [-0.39, 0.29) is 0 Å².